The number of H-pyrrole nitrogens is 1. The lowest BCUT2D eigenvalue weighted by Crippen LogP contribution is -2.22. The molecule has 2 aromatic heterocycles. The smallest absolute Gasteiger partial charge is 0.269 e. The number of hydrogen-bond acceptors (Lipinski definition) is 4. The number of nitro benzene ring substituents is 1. The number of para-hydroxylation sites is 2. The van der Waals surface area contributed by atoms with Gasteiger partial charge in [0.1, 0.15) is 5.82 Å². The lowest BCUT2D eigenvalue weighted by atomic mass is 10.1. The number of fused-ring (bicyclic) bond motifs is 2. The zero-order chi connectivity index (χ0) is 21.4. The molecular weight excluding hydrogens is 392 g/mol. The Bertz CT molecular complexity index is 1530. The minimum Gasteiger partial charge on any atom is -0.361 e. The van der Waals surface area contributed by atoms with E-state index in [1.165, 1.54) is 16.7 Å². The van der Waals surface area contributed by atoms with Gasteiger partial charge in [-0.1, -0.05) is 30.3 Å². The van der Waals surface area contributed by atoms with Crippen molar-refractivity contribution in [2.24, 2.45) is 0 Å². The van der Waals surface area contributed by atoms with Crippen LogP contribution in [0.2, 0.25) is 0 Å². The van der Waals surface area contributed by atoms with Gasteiger partial charge in [0.05, 0.1) is 21.5 Å². The minimum atomic E-state index is -0.469. The predicted octanol–water partition coefficient (Wildman–Crippen LogP) is 4.95. The molecule has 0 aliphatic heterocycles. The number of hydrogen-bond donors (Lipinski definition) is 1. The van der Waals surface area contributed by atoms with Crippen molar-refractivity contribution < 1.29 is 4.92 Å². The zero-order valence-electron chi connectivity index (χ0n) is 16.2. The fourth-order valence-electron chi connectivity index (χ4n) is 3.63. The van der Waals surface area contributed by atoms with E-state index in [9.17, 15) is 14.9 Å². The van der Waals surface area contributed by atoms with Crippen LogP contribution in [0.5, 0.6) is 0 Å². The number of aromatic amines is 1. The van der Waals surface area contributed by atoms with Gasteiger partial charge in [0.15, 0.2) is 0 Å². The van der Waals surface area contributed by atoms with E-state index in [4.69, 9.17) is 0 Å². The number of nitro groups is 1. The second-order valence-electron chi connectivity index (χ2n) is 7.02. The van der Waals surface area contributed by atoms with E-state index in [0.29, 0.717) is 22.4 Å². The van der Waals surface area contributed by atoms with Gasteiger partial charge in [-0.15, -0.1) is 0 Å². The SMILES string of the molecule is O=c1c2ccccc2nc(C=Cc2c[nH]c3ccccc23)n1-c1ccc([N+](=O)[O-])cc1. The first-order chi connectivity index (χ1) is 15.1. The highest BCUT2D eigenvalue weighted by Gasteiger charge is 2.13. The van der Waals surface area contributed by atoms with Gasteiger partial charge in [-0.05, 0) is 48.0 Å². The van der Waals surface area contributed by atoms with Gasteiger partial charge >= 0.3 is 0 Å². The molecule has 1 N–H and O–H groups in total. The Labute approximate surface area is 176 Å². The second kappa shape index (κ2) is 7.38. The molecule has 5 rings (SSSR count). The maximum absolute atomic E-state index is 13.3. The van der Waals surface area contributed by atoms with Crippen LogP contribution in [0.4, 0.5) is 5.69 Å². The molecule has 0 amide bonds. The normalized spacial score (nSPS) is 11.5. The first-order valence-corrected chi connectivity index (χ1v) is 9.63. The van der Waals surface area contributed by atoms with E-state index in [-0.39, 0.29) is 11.2 Å². The molecule has 2 heterocycles. The summed E-state index contributed by atoms with van der Waals surface area (Å²) in [4.78, 5) is 31.7. The maximum Gasteiger partial charge on any atom is 0.269 e. The zero-order valence-corrected chi connectivity index (χ0v) is 16.2. The molecule has 0 spiro atoms. The molecule has 0 unspecified atom stereocenters. The predicted molar refractivity (Wildman–Crippen MR) is 121 cm³/mol. The largest absolute Gasteiger partial charge is 0.361 e. The van der Waals surface area contributed by atoms with Crippen molar-refractivity contribution >= 4 is 39.6 Å². The van der Waals surface area contributed by atoms with Crippen LogP contribution in [0, 0.1) is 10.1 Å². The summed E-state index contributed by atoms with van der Waals surface area (Å²) in [6.07, 6.45) is 5.58. The van der Waals surface area contributed by atoms with E-state index in [1.807, 2.05) is 42.6 Å². The molecule has 3 aromatic carbocycles. The third kappa shape index (κ3) is 3.28. The van der Waals surface area contributed by atoms with Crippen LogP contribution >= 0.6 is 0 Å². The molecule has 0 saturated carbocycles. The Morgan fingerprint density at radius 2 is 1.61 bits per heavy atom. The molecule has 0 aliphatic carbocycles. The van der Waals surface area contributed by atoms with Crippen LogP contribution in [0.15, 0.2) is 83.8 Å². The fourth-order valence-corrected chi connectivity index (χ4v) is 3.63. The monoisotopic (exact) mass is 408 g/mol. The van der Waals surface area contributed by atoms with Gasteiger partial charge in [0.2, 0.25) is 0 Å². The number of nitrogens with zero attached hydrogens (tertiary/aromatic N) is 3. The van der Waals surface area contributed by atoms with Gasteiger partial charge in [0.25, 0.3) is 11.2 Å². The molecule has 7 nitrogen and oxygen atoms in total. The molecule has 150 valence electrons. The van der Waals surface area contributed by atoms with Crippen LogP contribution in [0.3, 0.4) is 0 Å². The third-order valence-electron chi connectivity index (χ3n) is 5.15. The Balaban J connectivity index is 1.70. The van der Waals surface area contributed by atoms with Crippen molar-refractivity contribution in [1.82, 2.24) is 14.5 Å². The van der Waals surface area contributed by atoms with Gasteiger partial charge in [-0.2, -0.15) is 0 Å². The lowest BCUT2D eigenvalue weighted by molar-refractivity contribution is -0.384. The number of benzene rings is 3. The van der Waals surface area contributed by atoms with Gasteiger partial charge in [-0.3, -0.25) is 19.5 Å². The van der Waals surface area contributed by atoms with Crippen LogP contribution in [-0.4, -0.2) is 19.5 Å². The van der Waals surface area contributed by atoms with Crippen molar-refractivity contribution in [2.45, 2.75) is 0 Å². The quantitative estimate of drug-likeness (QED) is 0.336. The second-order valence-corrected chi connectivity index (χ2v) is 7.02. The van der Waals surface area contributed by atoms with E-state index < -0.39 is 4.92 Å². The summed E-state index contributed by atoms with van der Waals surface area (Å²) < 4.78 is 1.47. The summed E-state index contributed by atoms with van der Waals surface area (Å²) in [6.45, 7) is 0. The van der Waals surface area contributed by atoms with Gasteiger partial charge < -0.3 is 4.98 Å². The Kier molecular flexibility index (Phi) is 4.41. The number of non-ortho nitro benzene ring substituents is 1. The molecule has 0 aliphatic rings. The molecule has 0 fully saturated rings. The maximum atomic E-state index is 13.3. The standard InChI is InChI=1S/C24H16N4O3/c29-24-20-6-2-4-8-22(20)26-23(27(24)17-10-12-18(13-11-17)28(30)31)14-9-16-15-25-21-7-3-1-5-19(16)21/h1-15,25H. The Hall–Kier alpha value is -4.52. The van der Waals surface area contributed by atoms with E-state index in [0.717, 1.165) is 16.5 Å². The fraction of sp³-hybridized carbons (Fsp3) is 0. The molecule has 0 radical (unpaired) electrons. The van der Waals surface area contributed by atoms with Crippen LogP contribution in [0.1, 0.15) is 11.4 Å². The summed E-state index contributed by atoms with van der Waals surface area (Å²) in [6, 6.07) is 20.9. The number of rotatable bonds is 4. The van der Waals surface area contributed by atoms with Crippen molar-refractivity contribution in [2.75, 3.05) is 0 Å². The average molecular weight is 408 g/mol. The number of nitrogens with one attached hydrogen (secondary N) is 1. The number of aromatic nitrogens is 3. The Morgan fingerprint density at radius 1 is 0.903 bits per heavy atom. The van der Waals surface area contributed by atoms with Crippen LogP contribution in [-0.2, 0) is 0 Å². The van der Waals surface area contributed by atoms with E-state index in [2.05, 4.69) is 9.97 Å². The summed E-state index contributed by atoms with van der Waals surface area (Å²) in [5, 5.41) is 12.5. The van der Waals surface area contributed by atoms with E-state index in [1.54, 1.807) is 36.4 Å². The summed E-state index contributed by atoms with van der Waals surface area (Å²) >= 11 is 0. The van der Waals surface area contributed by atoms with E-state index >= 15 is 0 Å². The highest BCUT2D eigenvalue weighted by Crippen LogP contribution is 2.21. The van der Waals surface area contributed by atoms with Crippen molar-refractivity contribution in [3.8, 4) is 5.69 Å². The average Bonchev–Trinajstić information content (AvgIpc) is 3.21. The van der Waals surface area contributed by atoms with Crippen molar-refractivity contribution in [3.63, 3.8) is 0 Å². The Morgan fingerprint density at radius 3 is 2.39 bits per heavy atom. The molecule has 31 heavy (non-hydrogen) atoms. The summed E-state index contributed by atoms with van der Waals surface area (Å²) in [5.41, 5.74) is 2.80. The first kappa shape index (κ1) is 18.5. The molecule has 0 bridgehead atoms. The summed E-state index contributed by atoms with van der Waals surface area (Å²) in [5.74, 6) is 0.433. The van der Waals surface area contributed by atoms with Gasteiger partial charge in [-0.25, -0.2) is 4.98 Å². The molecule has 0 atom stereocenters. The molecular formula is C24H16N4O3. The molecule has 7 heteroatoms. The van der Waals surface area contributed by atoms with Crippen molar-refractivity contribution in [3.05, 3.63) is 111 Å². The highest BCUT2D eigenvalue weighted by molar-refractivity contribution is 5.91. The third-order valence-corrected chi connectivity index (χ3v) is 5.15. The highest BCUT2D eigenvalue weighted by atomic mass is 16.6. The van der Waals surface area contributed by atoms with Crippen LogP contribution in [0.25, 0.3) is 39.6 Å². The lowest BCUT2D eigenvalue weighted by Gasteiger charge is -2.11. The van der Waals surface area contributed by atoms with Crippen molar-refractivity contribution in [1.29, 1.82) is 0 Å². The first-order valence-electron chi connectivity index (χ1n) is 9.63. The topological polar surface area (TPSA) is 93.8 Å². The van der Waals surface area contributed by atoms with Gasteiger partial charge in [0, 0.05) is 29.2 Å². The van der Waals surface area contributed by atoms with Crippen LogP contribution < -0.4 is 5.56 Å². The molecule has 0 saturated heterocycles. The molecule has 5 aromatic rings. The minimum absolute atomic E-state index is 0.0403. The summed E-state index contributed by atoms with van der Waals surface area (Å²) in [7, 11) is 0.